The summed E-state index contributed by atoms with van der Waals surface area (Å²) in [5, 5.41) is 6.89. The third-order valence-electron chi connectivity index (χ3n) is 8.00. The highest BCUT2D eigenvalue weighted by Gasteiger charge is 2.32. The molecule has 0 radical (unpaired) electrons. The van der Waals surface area contributed by atoms with Crippen LogP contribution in [-0.4, -0.2) is 33.3 Å². The number of thiophene rings is 1. The van der Waals surface area contributed by atoms with E-state index in [1.807, 2.05) is 18.2 Å². The zero-order valence-corrected chi connectivity index (χ0v) is 23.3. The second kappa shape index (κ2) is 11.2. The van der Waals surface area contributed by atoms with Gasteiger partial charge < -0.3 is 16.4 Å². The van der Waals surface area contributed by atoms with Crippen molar-refractivity contribution in [2.45, 2.75) is 52.5 Å². The lowest BCUT2D eigenvalue weighted by atomic mass is 9.69. The molecular formula is C30H34N6O2S. The van der Waals surface area contributed by atoms with E-state index in [1.165, 1.54) is 41.2 Å². The van der Waals surface area contributed by atoms with Gasteiger partial charge in [-0.3, -0.25) is 14.6 Å². The van der Waals surface area contributed by atoms with Gasteiger partial charge >= 0.3 is 0 Å². The summed E-state index contributed by atoms with van der Waals surface area (Å²) in [6, 6.07) is 11.0. The zero-order valence-electron chi connectivity index (χ0n) is 22.5. The topological polar surface area (TPSA) is 123 Å². The van der Waals surface area contributed by atoms with Gasteiger partial charge in [0.05, 0.1) is 17.1 Å². The number of carbonyl (C=O) groups is 2. The maximum absolute atomic E-state index is 13.3. The number of hydrogen-bond acceptors (Lipinski definition) is 7. The number of aromatic nitrogens is 3. The lowest BCUT2D eigenvalue weighted by Gasteiger charge is -2.36. The second-order valence-electron chi connectivity index (χ2n) is 10.8. The maximum atomic E-state index is 13.3. The van der Waals surface area contributed by atoms with E-state index in [4.69, 9.17) is 10.7 Å². The Hall–Kier alpha value is -3.69. The minimum absolute atomic E-state index is 0.189. The van der Waals surface area contributed by atoms with E-state index in [9.17, 15) is 9.59 Å². The van der Waals surface area contributed by atoms with E-state index >= 15 is 0 Å². The molecule has 5 rings (SSSR count). The van der Waals surface area contributed by atoms with Crippen LogP contribution in [0.3, 0.4) is 0 Å². The van der Waals surface area contributed by atoms with Crippen LogP contribution in [0.2, 0.25) is 0 Å². The first kappa shape index (κ1) is 26.9. The van der Waals surface area contributed by atoms with Gasteiger partial charge in [0.2, 0.25) is 0 Å². The number of hydrogen-bond donors (Lipinski definition) is 3. The Labute approximate surface area is 232 Å². The van der Waals surface area contributed by atoms with Crippen molar-refractivity contribution >= 4 is 39.1 Å². The molecule has 1 aliphatic carbocycles. The van der Waals surface area contributed by atoms with Crippen LogP contribution in [0.25, 0.3) is 10.2 Å². The molecule has 3 aromatic heterocycles. The Morgan fingerprint density at radius 1 is 1.18 bits per heavy atom. The molecule has 4 aromatic rings. The van der Waals surface area contributed by atoms with E-state index in [0.717, 1.165) is 41.5 Å². The minimum Gasteiger partial charge on any atom is -0.343 e. The number of amides is 2. The van der Waals surface area contributed by atoms with Gasteiger partial charge in [-0.15, -0.1) is 11.3 Å². The number of aryl methyl sites for hydroxylation is 1. The van der Waals surface area contributed by atoms with Crippen LogP contribution >= 0.6 is 11.3 Å². The smallest absolute Gasteiger partial charge is 0.275 e. The van der Waals surface area contributed by atoms with Gasteiger partial charge in [-0.2, -0.15) is 0 Å². The predicted octanol–water partition coefficient (Wildman–Crippen LogP) is 5.31. The number of nitrogens with zero attached hydrogens (tertiary/aromatic N) is 3. The molecule has 9 heteroatoms. The molecular weight excluding hydrogens is 508 g/mol. The van der Waals surface area contributed by atoms with Crippen molar-refractivity contribution in [2.24, 2.45) is 17.1 Å². The minimum atomic E-state index is -0.422. The number of nitrogens with one attached hydrogen (secondary N) is 2. The first-order valence-electron chi connectivity index (χ1n) is 13.4. The fraction of sp³-hybridized carbons (Fsp3) is 0.367. The molecule has 0 fully saturated rings. The van der Waals surface area contributed by atoms with Gasteiger partial charge in [-0.05, 0) is 66.0 Å². The van der Waals surface area contributed by atoms with Crippen LogP contribution < -0.4 is 16.4 Å². The van der Waals surface area contributed by atoms with Crippen LogP contribution in [0.4, 0.5) is 5.69 Å². The summed E-state index contributed by atoms with van der Waals surface area (Å²) in [6.07, 6.45) is 8.71. The molecule has 3 heterocycles. The highest BCUT2D eigenvalue weighted by Crippen LogP contribution is 2.40. The number of carbonyl (C=O) groups excluding carboxylic acids is 2. The van der Waals surface area contributed by atoms with E-state index < -0.39 is 6.04 Å². The first-order chi connectivity index (χ1) is 18.8. The molecule has 0 unspecified atom stereocenters. The molecule has 202 valence electrons. The molecule has 39 heavy (non-hydrogen) atoms. The van der Waals surface area contributed by atoms with Crippen LogP contribution in [0, 0.1) is 11.3 Å². The van der Waals surface area contributed by atoms with Crippen LogP contribution in [0.5, 0.6) is 0 Å². The highest BCUT2D eigenvalue weighted by molar-refractivity contribution is 7.20. The van der Waals surface area contributed by atoms with Crippen LogP contribution in [0.1, 0.15) is 76.6 Å². The molecule has 1 aliphatic rings. The van der Waals surface area contributed by atoms with Crippen molar-refractivity contribution < 1.29 is 9.59 Å². The van der Waals surface area contributed by atoms with Crippen molar-refractivity contribution in [3.05, 3.63) is 82.4 Å². The molecule has 0 spiro atoms. The summed E-state index contributed by atoms with van der Waals surface area (Å²) in [7, 11) is 0. The Bertz CT molecular complexity index is 1500. The average Bonchev–Trinajstić information content (AvgIpc) is 3.37. The van der Waals surface area contributed by atoms with Gasteiger partial charge in [0, 0.05) is 35.7 Å². The third-order valence-corrected chi connectivity index (χ3v) is 9.04. The summed E-state index contributed by atoms with van der Waals surface area (Å²) in [6.45, 7) is 7.19. The molecule has 0 bridgehead atoms. The Balaban J connectivity index is 1.31. The van der Waals surface area contributed by atoms with Crippen molar-refractivity contribution in [3.8, 4) is 0 Å². The van der Waals surface area contributed by atoms with E-state index in [1.54, 1.807) is 12.1 Å². The lowest BCUT2D eigenvalue weighted by molar-refractivity contribution is 0.0941. The summed E-state index contributed by atoms with van der Waals surface area (Å²) < 4.78 is 0. The van der Waals surface area contributed by atoms with Gasteiger partial charge in [0.25, 0.3) is 11.8 Å². The van der Waals surface area contributed by atoms with Crippen molar-refractivity contribution in [1.82, 2.24) is 20.3 Å². The van der Waals surface area contributed by atoms with E-state index in [-0.39, 0.29) is 24.1 Å². The Kier molecular flexibility index (Phi) is 7.72. The monoisotopic (exact) mass is 542 g/mol. The molecule has 2 atom stereocenters. The third kappa shape index (κ3) is 5.84. The molecule has 2 amide bonds. The van der Waals surface area contributed by atoms with Gasteiger partial charge in [0.15, 0.2) is 0 Å². The SMILES string of the molecule is CCC(C)(C)[C@H]1CCc2nc3sc(C(=O)N[C@H](CN)c4cccc(NC(=O)c5cnccn5)c4)cc3cc2C1. The fourth-order valence-electron chi connectivity index (χ4n) is 5.14. The average molecular weight is 543 g/mol. The Morgan fingerprint density at radius 2 is 2.03 bits per heavy atom. The number of pyridine rings is 1. The summed E-state index contributed by atoms with van der Waals surface area (Å²) in [5.74, 6) is 0.0891. The molecule has 0 saturated carbocycles. The summed E-state index contributed by atoms with van der Waals surface area (Å²) in [5.41, 5.74) is 10.4. The zero-order chi connectivity index (χ0) is 27.6. The predicted molar refractivity (Wildman–Crippen MR) is 155 cm³/mol. The van der Waals surface area contributed by atoms with Crippen molar-refractivity contribution in [3.63, 3.8) is 0 Å². The van der Waals surface area contributed by atoms with Gasteiger partial charge in [0.1, 0.15) is 10.5 Å². The molecule has 0 saturated heterocycles. The number of rotatable bonds is 8. The van der Waals surface area contributed by atoms with E-state index in [2.05, 4.69) is 47.4 Å². The maximum Gasteiger partial charge on any atom is 0.275 e. The van der Waals surface area contributed by atoms with Gasteiger partial charge in [-0.25, -0.2) is 9.97 Å². The lowest BCUT2D eigenvalue weighted by Crippen LogP contribution is -2.33. The Morgan fingerprint density at radius 3 is 2.77 bits per heavy atom. The standard InChI is InChI=1S/C30H34N6O2S/c1-4-30(2,3)21-8-9-23-19(13-21)12-20-15-26(39-29(20)36-23)28(38)35-24(16-31)18-6-5-7-22(14-18)34-27(37)25-17-32-10-11-33-25/h5-7,10-12,14-15,17,21,24H,4,8-9,13,16,31H2,1-3H3,(H,34,37)(H,35,38)/t21-,24+/m0/s1. The van der Waals surface area contributed by atoms with Crippen molar-refractivity contribution in [2.75, 3.05) is 11.9 Å². The second-order valence-corrected chi connectivity index (χ2v) is 11.8. The quantitative estimate of drug-likeness (QED) is 0.277. The molecule has 1 aromatic carbocycles. The number of nitrogens with two attached hydrogens (primary N) is 1. The largest absolute Gasteiger partial charge is 0.343 e. The van der Waals surface area contributed by atoms with Crippen LogP contribution in [0.15, 0.2) is 55.0 Å². The molecule has 0 aliphatic heterocycles. The summed E-state index contributed by atoms with van der Waals surface area (Å²) >= 11 is 1.41. The first-order valence-corrected chi connectivity index (χ1v) is 14.2. The molecule has 4 N–H and O–H groups in total. The highest BCUT2D eigenvalue weighted by atomic mass is 32.1. The summed E-state index contributed by atoms with van der Waals surface area (Å²) in [4.78, 5) is 40.2. The normalized spacial score (nSPS) is 15.9. The van der Waals surface area contributed by atoms with E-state index in [0.29, 0.717) is 21.9 Å². The van der Waals surface area contributed by atoms with Gasteiger partial charge in [-0.1, -0.05) is 39.3 Å². The number of fused-ring (bicyclic) bond motifs is 2. The number of benzene rings is 1. The fourth-order valence-corrected chi connectivity index (χ4v) is 6.08. The van der Waals surface area contributed by atoms with Crippen LogP contribution in [-0.2, 0) is 12.8 Å². The molecule has 8 nitrogen and oxygen atoms in total. The van der Waals surface area contributed by atoms with Crippen molar-refractivity contribution in [1.29, 1.82) is 0 Å². The number of anilines is 1.